The number of thioether (sulfide) groups is 1. The van der Waals surface area contributed by atoms with Gasteiger partial charge in [-0.25, -0.2) is 4.98 Å². The summed E-state index contributed by atoms with van der Waals surface area (Å²) in [5.74, 6) is 2.47. The van der Waals surface area contributed by atoms with E-state index < -0.39 is 0 Å². The second-order valence-corrected chi connectivity index (χ2v) is 5.02. The molecule has 0 spiro atoms. The quantitative estimate of drug-likeness (QED) is 0.518. The third-order valence-electron chi connectivity index (χ3n) is 2.09. The summed E-state index contributed by atoms with van der Waals surface area (Å²) in [6, 6.07) is 0. The summed E-state index contributed by atoms with van der Waals surface area (Å²) in [6.45, 7) is 2.80. The second-order valence-electron chi connectivity index (χ2n) is 3.46. The van der Waals surface area contributed by atoms with Crippen LogP contribution in [-0.2, 0) is 0 Å². The molecule has 0 radical (unpaired) electrons. The minimum atomic E-state index is 0.201. The van der Waals surface area contributed by atoms with Gasteiger partial charge in [-0.1, -0.05) is 0 Å². The van der Waals surface area contributed by atoms with Crippen LogP contribution in [0.2, 0.25) is 5.28 Å². The number of aliphatic hydroxyl groups is 1. The summed E-state index contributed by atoms with van der Waals surface area (Å²) in [5.41, 5.74) is 7.05. The number of aromatic nitrogens is 2. The predicted molar refractivity (Wildman–Crippen MR) is 73.7 cm³/mol. The van der Waals surface area contributed by atoms with Crippen molar-refractivity contribution in [2.75, 3.05) is 35.7 Å². The van der Waals surface area contributed by atoms with E-state index in [2.05, 4.69) is 15.3 Å². The maximum absolute atomic E-state index is 8.62. The highest BCUT2D eigenvalue weighted by molar-refractivity contribution is 7.99. The van der Waals surface area contributed by atoms with Crippen LogP contribution >= 0.6 is 23.4 Å². The smallest absolute Gasteiger partial charge is 0.224 e. The van der Waals surface area contributed by atoms with Gasteiger partial charge in [-0.3, -0.25) is 0 Å². The summed E-state index contributed by atoms with van der Waals surface area (Å²) < 4.78 is 0. The Hall–Kier alpha value is -0.720. The fourth-order valence-electron chi connectivity index (χ4n) is 1.19. The molecule has 0 aromatic carbocycles. The van der Waals surface area contributed by atoms with Crippen LogP contribution in [0, 0.1) is 6.92 Å². The average molecular weight is 277 g/mol. The zero-order valence-electron chi connectivity index (χ0n) is 9.74. The summed E-state index contributed by atoms with van der Waals surface area (Å²) in [4.78, 5) is 8.00. The van der Waals surface area contributed by atoms with Crippen LogP contribution in [0.4, 0.5) is 11.5 Å². The first-order valence-corrected chi connectivity index (χ1v) is 6.90. The number of hydrogen-bond acceptors (Lipinski definition) is 6. The number of aliphatic hydroxyl groups excluding tert-OH is 1. The van der Waals surface area contributed by atoms with Gasteiger partial charge in [0.1, 0.15) is 0 Å². The molecule has 0 aliphatic carbocycles. The van der Waals surface area contributed by atoms with E-state index in [-0.39, 0.29) is 11.9 Å². The lowest BCUT2D eigenvalue weighted by atomic mass is 10.3. The molecule has 1 aromatic heterocycles. The third-order valence-corrected chi connectivity index (χ3v) is 3.33. The van der Waals surface area contributed by atoms with Crippen molar-refractivity contribution in [3.63, 3.8) is 0 Å². The first-order valence-electron chi connectivity index (χ1n) is 5.37. The zero-order chi connectivity index (χ0) is 12.7. The molecule has 1 heterocycles. The molecule has 1 rings (SSSR count). The molecule has 1 aromatic rings. The Balaban J connectivity index is 2.36. The topological polar surface area (TPSA) is 84.1 Å². The molecule has 0 atom stereocenters. The van der Waals surface area contributed by atoms with E-state index in [1.807, 2.05) is 0 Å². The summed E-state index contributed by atoms with van der Waals surface area (Å²) >= 11 is 7.52. The van der Waals surface area contributed by atoms with Crippen molar-refractivity contribution >= 4 is 34.9 Å². The second kappa shape index (κ2) is 7.58. The van der Waals surface area contributed by atoms with Crippen molar-refractivity contribution in [2.45, 2.75) is 13.3 Å². The molecule has 0 bridgehead atoms. The number of nitrogens with zero attached hydrogens (tertiary/aromatic N) is 2. The van der Waals surface area contributed by atoms with E-state index in [1.54, 1.807) is 18.7 Å². The molecule has 0 amide bonds. The van der Waals surface area contributed by atoms with E-state index in [4.69, 9.17) is 22.4 Å². The van der Waals surface area contributed by atoms with Crippen LogP contribution in [-0.4, -0.2) is 39.7 Å². The van der Waals surface area contributed by atoms with Gasteiger partial charge in [-0.15, -0.1) is 0 Å². The Morgan fingerprint density at radius 2 is 2.18 bits per heavy atom. The van der Waals surface area contributed by atoms with Gasteiger partial charge >= 0.3 is 0 Å². The monoisotopic (exact) mass is 276 g/mol. The highest BCUT2D eigenvalue weighted by Crippen LogP contribution is 2.20. The minimum Gasteiger partial charge on any atom is -0.396 e. The van der Waals surface area contributed by atoms with Gasteiger partial charge in [0.05, 0.1) is 11.4 Å². The van der Waals surface area contributed by atoms with E-state index in [0.717, 1.165) is 24.5 Å². The maximum Gasteiger partial charge on any atom is 0.224 e. The van der Waals surface area contributed by atoms with E-state index in [0.29, 0.717) is 17.2 Å². The van der Waals surface area contributed by atoms with Crippen molar-refractivity contribution in [1.29, 1.82) is 0 Å². The molecule has 4 N–H and O–H groups in total. The minimum absolute atomic E-state index is 0.201. The van der Waals surface area contributed by atoms with Crippen molar-refractivity contribution in [3.05, 3.63) is 11.0 Å². The number of nitrogens with two attached hydrogens (primary N) is 1. The highest BCUT2D eigenvalue weighted by atomic mass is 35.5. The number of nitrogen functional groups attached to an aromatic ring is 1. The van der Waals surface area contributed by atoms with Gasteiger partial charge in [-0.05, 0) is 30.7 Å². The van der Waals surface area contributed by atoms with Crippen LogP contribution in [0.15, 0.2) is 0 Å². The first-order chi connectivity index (χ1) is 8.15. The molecular formula is C10H17ClN4OS. The normalized spacial score (nSPS) is 10.5. The molecule has 0 fully saturated rings. The third kappa shape index (κ3) is 4.97. The van der Waals surface area contributed by atoms with Crippen molar-refractivity contribution < 1.29 is 5.11 Å². The molecule has 5 nitrogen and oxygen atoms in total. The standard InChI is InChI=1S/C10H17ClN4OS/c1-7-8(12)9(15-10(11)14-7)13-3-6-17-5-2-4-16/h16H,2-6,12H2,1H3,(H,13,14,15). The van der Waals surface area contributed by atoms with Crippen LogP contribution in [0.3, 0.4) is 0 Å². The number of aryl methyl sites for hydroxylation is 1. The number of nitrogens with one attached hydrogen (secondary N) is 1. The summed E-state index contributed by atoms with van der Waals surface area (Å²) in [5, 5.41) is 11.9. The van der Waals surface area contributed by atoms with E-state index in [1.165, 1.54) is 0 Å². The lowest BCUT2D eigenvalue weighted by Gasteiger charge is -2.09. The van der Waals surface area contributed by atoms with Gasteiger partial charge < -0.3 is 16.2 Å². The molecule has 0 aliphatic heterocycles. The average Bonchev–Trinajstić information content (AvgIpc) is 2.29. The van der Waals surface area contributed by atoms with Gasteiger partial charge in [0.25, 0.3) is 0 Å². The number of hydrogen-bond donors (Lipinski definition) is 3. The highest BCUT2D eigenvalue weighted by Gasteiger charge is 2.06. The van der Waals surface area contributed by atoms with Gasteiger partial charge in [0.2, 0.25) is 5.28 Å². The predicted octanol–water partition coefficient (Wildman–Crippen LogP) is 1.55. The summed E-state index contributed by atoms with van der Waals surface area (Å²) in [6.07, 6.45) is 0.825. The fourth-order valence-corrected chi connectivity index (χ4v) is 2.19. The van der Waals surface area contributed by atoms with Crippen LogP contribution < -0.4 is 11.1 Å². The molecule has 7 heteroatoms. The molecule has 0 saturated carbocycles. The first kappa shape index (κ1) is 14.3. The summed E-state index contributed by atoms with van der Waals surface area (Å²) in [7, 11) is 0. The lowest BCUT2D eigenvalue weighted by Crippen LogP contribution is -2.10. The fraction of sp³-hybridized carbons (Fsp3) is 0.600. The molecule has 0 unspecified atom stereocenters. The van der Waals surface area contributed by atoms with Gasteiger partial charge in [0, 0.05) is 18.9 Å². The Morgan fingerprint density at radius 3 is 2.88 bits per heavy atom. The van der Waals surface area contributed by atoms with Crippen molar-refractivity contribution in [1.82, 2.24) is 9.97 Å². The Morgan fingerprint density at radius 1 is 1.41 bits per heavy atom. The largest absolute Gasteiger partial charge is 0.396 e. The Kier molecular flexibility index (Phi) is 6.39. The van der Waals surface area contributed by atoms with Crippen LogP contribution in [0.5, 0.6) is 0 Å². The number of halogens is 1. The van der Waals surface area contributed by atoms with Crippen LogP contribution in [0.1, 0.15) is 12.1 Å². The maximum atomic E-state index is 8.62. The molecule has 96 valence electrons. The van der Waals surface area contributed by atoms with Crippen molar-refractivity contribution in [2.24, 2.45) is 0 Å². The Labute approximate surface area is 110 Å². The number of anilines is 2. The molecule has 0 saturated heterocycles. The van der Waals surface area contributed by atoms with Crippen molar-refractivity contribution in [3.8, 4) is 0 Å². The number of rotatable bonds is 7. The SMILES string of the molecule is Cc1nc(Cl)nc(NCCSCCCO)c1N. The van der Waals surface area contributed by atoms with Crippen LogP contribution in [0.25, 0.3) is 0 Å². The van der Waals surface area contributed by atoms with Gasteiger partial charge in [-0.2, -0.15) is 16.7 Å². The van der Waals surface area contributed by atoms with Gasteiger partial charge in [0.15, 0.2) is 5.82 Å². The molecular weight excluding hydrogens is 260 g/mol. The Bertz CT molecular complexity index is 364. The van der Waals surface area contributed by atoms with E-state index in [9.17, 15) is 0 Å². The molecule has 17 heavy (non-hydrogen) atoms. The van der Waals surface area contributed by atoms with E-state index >= 15 is 0 Å². The molecule has 0 aliphatic rings. The zero-order valence-corrected chi connectivity index (χ0v) is 11.3. The lowest BCUT2D eigenvalue weighted by molar-refractivity contribution is 0.296.